The SMILES string of the molecule is CN1CC[C@]23c4c5ccc(O)c4O[C@H]2[C@]2(CC[C@@]3(O)[C@H]1C5)O[C@H]1OC[C@@H]3CO[C@@H]2N31. The summed E-state index contributed by atoms with van der Waals surface area (Å²) in [6.45, 7) is 2.12. The highest BCUT2D eigenvalue weighted by Gasteiger charge is 2.80. The molecule has 0 amide bonds. The number of ether oxygens (including phenoxy) is 4. The Morgan fingerprint density at radius 1 is 1.13 bits per heavy atom. The first-order valence-corrected chi connectivity index (χ1v) is 11.1. The highest BCUT2D eigenvalue weighted by atomic mass is 16.8. The Kier molecular flexibility index (Phi) is 2.85. The van der Waals surface area contributed by atoms with Gasteiger partial charge in [-0.25, -0.2) is 4.90 Å². The number of phenols is 1. The first-order chi connectivity index (χ1) is 14.5. The molecule has 5 heterocycles. The van der Waals surface area contributed by atoms with E-state index in [1.165, 1.54) is 5.56 Å². The Morgan fingerprint density at radius 3 is 2.90 bits per heavy atom. The van der Waals surface area contributed by atoms with Crippen molar-refractivity contribution in [2.75, 3.05) is 26.8 Å². The number of hydrogen-bond acceptors (Lipinski definition) is 8. The number of fused-ring (bicyclic) bond motifs is 2. The van der Waals surface area contributed by atoms with Crippen LogP contribution in [0.5, 0.6) is 11.5 Å². The quantitative estimate of drug-likeness (QED) is 0.627. The molecular weight excluding hydrogens is 388 g/mol. The Labute approximate surface area is 174 Å². The number of aliphatic hydroxyl groups is 1. The Hall–Kier alpha value is -1.42. The van der Waals surface area contributed by atoms with E-state index in [1.54, 1.807) is 6.07 Å². The van der Waals surface area contributed by atoms with Gasteiger partial charge in [0, 0.05) is 11.6 Å². The van der Waals surface area contributed by atoms with E-state index >= 15 is 0 Å². The number of benzene rings is 1. The molecule has 0 unspecified atom stereocenters. The zero-order chi connectivity index (χ0) is 20.0. The van der Waals surface area contributed by atoms with Gasteiger partial charge in [-0.1, -0.05) is 6.07 Å². The third-order valence-corrected chi connectivity index (χ3v) is 9.37. The van der Waals surface area contributed by atoms with Crippen molar-refractivity contribution in [3.63, 3.8) is 0 Å². The average Bonchev–Trinajstić information content (AvgIpc) is 3.45. The largest absolute Gasteiger partial charge is 0.504 e. The molecule has 2 aliphatic carbocycles. The summed E-state index contributed by atoms with van der Waals surface area (Å²) in [4.78, 5) is 4.51. The van der Waals surface area contributed by atoms with Crippen LogP contribution in [0.4, 0.5) is 0 Å². The van der Waals surface area contributed by atoms with E-state index in [0.717, 1.165) is 24.9 Å². The van der Waals surface area contributed by atoms with Crippen LogP contribution in [0.1, 0.15) is 30.4 Å². The summed E-state index contributed by atoms with van der Waals surface area (Å²) in [7, 11) is 2.11. The van der Waals surface area contributed by atoms with E-state index in [1.807, 2.05) is 6.07 Å². The number of phenolic OH excluding ortho intramolecular Hbond substituents is 1. The predicted molar refractivity (Wildman–Crippen MR) is 102 cm³/mol. The van der Waals surface area contributed by atoms with Gasteiger partial charge in [0.05, 0.1) is 30.3 Å². The number of aromatic hydroxyl groups is 1. The summed E-state index contributed by atoms with van der Waals surface area (Å²) < 4.78 is 25.5. The molecule has 5 aliphatic heterocycles. The number of hydrogen-bond donors (Lipinski definition) is 2. The lowest BCUT2D eigenvalue weighted by Crippen LogP contribution is -2.80. The van der Waals surface area contributed by atoms with Crippen LogP contribution in [0.2, 0.25) is 0 Å². The van der Waals surface area contributed by atoms with Gasteiger partial charge in [0.25, 0.3) is 0 Å². The second-order valence-corrected chi connectivity index (χ2v) is 10.3. The molecule has 8 heteroatoms. The number of nitrogens with zero attached hydrogens (tertiary/aromatic N) is 2. The van der Waals surface area contributed by atoms with E-state index < -0.39 is 29.1 Å². The number of rotatable bonds is 0. The van der Waals surface area contributed by atoms with E-state index in [2.05, 4.69) is 16.8 Å². The van der Waals surface area contributed by atoms with E-state index in [4.69, 9.17) is 18.9 Å². The van der Waals surface area contributed by atoms with Crippen LogP contribution in [-0.2, 0) is 26.0 Å². The minimum Gasteiger partial charge on any atom is -0.504 e. The maximum Gasteiger partial charge on any atom is 0.222 e. The Morgan fingerprint density at radius 2 is 2.00 bits per heavy atom. The number of likely N-dealkylation sites (N-methyl/N-ethyl adjacent to an activating group) is 1. The molecule has 1 aromatic carbocycles. The maximum atomic E-state index is 12.3. The van der Waals surface area contributed by atoms with Gasteiger partial charge in [-0.2, -0.15) is 0 Å². The van der Waals surface area contributed by atoms with Crippen LogP contribution in [0.3, 0.4) is 0 Å². The smallest absolute Gasteiger partial charge is 0.222 e. The third kappa shape index (κ3) is 1.53. The molecule has 8 atom stereocenters. The van der Waals surface area contributed by atoms with Crippen molar-refractivity contribution in [3.05, 3.63) is 23.3 Å². The first kappa shape index (κ1) is 17.2. The number of piperidine rings is 1. The molecule has 2 spiro atoms. The summed E-state index contributed by atoms with van der Waals surface area (Å²) in [6.07, 6.45) is 1.67. The molecular formula is C22H26N2O6. The van der Waals surface area contributed by atoms with Gasteiger partial charge < -0.3 is 34.1 Å². The number of likely N-dealkylation sites (tertiary alicyclic amines) is 1. The highest BCUT2D eigenvalue weighted by Crippen LogP contribution is 2.69. The second kappa shape index (κ2) is 4.98. The van der Waals surface area contributed by atoms with Crippen LogP contribution in [0.25, 0.3) is 0 Å². The molecule has 8 nitrogen and oxygen atoms in total. The van der Waals surface area contributed by atoms with Gasteiger partial charge in [0.15, 0.2) is 17.1 Å². The van der Waals surface area contributed by atoms with Crippen molar-refractivity contribution in [1.82, 2.24) is 9.80 Å². The molecule has 2 bridgehead atoms. The minimum absolute atomic E-state index is 0.0207. The second-order valence-electron chi connectivity index (χ2n) is 10.3. The molecule has 8 rings (SSSR count). The average molecular weight is 414 g/mol. The lowest BCUT2D eigenvalue weighted by Gasteiger charge is -2.65. The van der Waals surface area contributed by atoms with Crippen molar-refractivity contribution < 1.29 is 29.2 Å². The molecule has 1 saturated carbocycles. The Balaban J connectivity index is 1.38. The van der Waals surface area contributed by atoms with Crippen molar-refractivity contribution in [2.45, 2.75) is 73.1 Å². The summed E-state index contributed by atoms with van der Waals surface area (Å²) >= 11 is 0. The van der Waals surface area contributed by atoms with Crippen molar-refractivity contribution >= 4 is 0 Å². The Bertz CT molecular complexity index is 989. The molecule has 30 heavy (non-hydrogen) atoms. The van der Waals surface area contributed by atoms with Gasteiger partial charge in [-0.15, -0.1) is 0 Å². The molecule has 7 aliphatic rings. The summed E-state index contributed by atoms with van der Waals surface area (Å²) in [5.74, 6) is 0.679. The molecule has 5 fully saturated rings. The van der Waals surface area contributed by atoms with Gasteiger partial charge >= 0.3 is 0 Å². The van der Waals surface area contributed by atoms with Crippen LogP contribution >= 0.6 is 0 Å². The standard InChI is InChI=1S/C22H26N2O6/c1-23-7-6-20-15-11-2-3-13(25)16(15)29-17(20)21(4-5-22(20,26)14(23)8-11)18-24-12(9-27-18)10-28-19(24)30-21/h2-3,12,14,17-19,25-26H,4-10H2,1H3/t12-,14+,17+,18-,19+,20-,21-,22+/m0/s1. The summed E-state index contributed by atoms with van der Waals surface area (Å²) in [6, 6.07) is 3.97. The lowest BCUT2D eigenvalue weighted by molar-refractivity contribution is -0.273. The third-order valence-electron chi connectivity index (χ3n) is 9.37. The van der Waals surface area contributed by atoms with Crippen LogP contribution in [0.15, 0.2) is 12.1 Å². The molecule has 0 radical (unpaired) electrons. The van der Waals surface area contributed by atoms with E-state index in [-0.39, 0.29) is 24.1 Å². The first-order valence-electron chi connectivity index (χ1n) is 11.1. The van der Waals surface area contributed by atoms with Crippen molar-refractivity contribution in [3.8, 4) is 11.5 Å². The highest BCUT2D eigenvalue weighted by molar-refractivity contribution is 5.63. The zero-order valence-corrected chi connectivity index (χ0v) is 16.9. The molecule has 0 aromatic heterocycles. The van der Waals surface area contributed by atoms with Crippen molar-refractivity contribution in [2.24, 2.45) is 0 Å². The van der Waals surface area contributed by atoms with Crippen LogP contribution in [-0.4, -0.2) is 88.9 Å². The fourth-order valence-electron chi connectivity index (χ4n) is 8.15. The van der Waals surface area contributed by atoms with Crippen molar-refractivity contribution in [1.29, 1.82) is 0 Å². The zero-order valence-electron chi connectivity index (χ0n) is 16.9. The molecule has 4 saturated heterocycles. The normalized spacial score (nSPS) is 52.5. The molecule has 160 valence electrons. The predicted octanol–water partition coefficient (Wildman–Crippen LogP) is 0.286. The van der Waals surface area contributed by atoms with Gasteiger partial charge in [-0.05, 0) is 50.9 Å². The fraction of sp³-hybridized carbons (Fsp3) is 0.727. The van der Waals surface area contributed by atoms with Gasteiger partial charge in [-0.3, -0.25) is 0 Å². The minimum atomic E-state index is -0.933. The van der Waals surface area contributed by atoms with Crippen LogP contribution in [0, 0.1) is 0 Å². The molecule has 1 aromatic rings. The monoisotopic (exact) mass is 414 g/mol. The summed E-state index contributed by atoms with van der Waals surface area (Å²) in [5, 5.41) is 23.1. The maximum absolute atomic E-state index is 12.3. The van der Waals surface area contributed by atoms with Crippen LogP contribution < -0.4 is 4.74 Å². The lowest BCUT2D eigenvalue weighted by atomic mass is 9.46. The topological polar surface area (TPSA) is 83.9 Å². The van der Waals surface area contributed by atoms with E-state index in [9.17, 15) is 10.2 Å². The van der Waals surface area contributed by atoms with Gasteiger partial charge in [0.2, 0.25) is 6.41 Å². The molecule has 2 N–H and O–H groups in total. The van der Waals surface area contributed by atoms with E-state index in [0.29, 0.717) is 31.8 Å². The summed E-state index contributed by atoms with van der Waals surface area (Å²) in [5.41, 5.74) is -0.108. The van der Waals surface area contributed by atoms with Gasteiger partial charge in [0.1, 0.15) is 12.3 Å². The fourth-order valence-corrected chi connectivity index (χ4v) is 8.15.